The van der Waals surface area contributed by atoms with E-state index in [4.69, 9.17) is 0 Å². The van der Waals surface area contributed by atoms with Crippen molar-refractivity contribution in [3.63, 3.8) is 0 Å². The fraction of sp³-hybridized carbons (Fsp3) is 0. The first kappa shape index (κ1) is 18.1. The third-order valence-electron chi connectivity index (χ3n) is 5.51. The molecule has 142 valence electrons. The van der Waals surface area contributed by atoms with Gasteiger partial charge in [0.2, 0.25) is 0 Å². The predicted octanol–water partition coefficient (Wildman–Crippen LogP) is 8.35. The van der Waals surface area contributed by atoms with E-state index in [1.165, 1.54) is 44.5 Å². The van der Waals surface area contributed by atoms with Crippen molar-refractivity contribution in [2.24, 2.45) is 0 Å². The maximum atomic E-state index is 2.26. The minimum Gasteiger partial charge on any atom is -0.0622 e. The summed E-state index contributed by atoms with van der Waals surface area (Å²) < 4.78 is 0. The second kappa shape index (κ2) is 8.23. The monoisotopic (exact) mass is 382 g/mol. The molecule has 0 aliphatic carbocycles. The highest BCUT2D eigenvalue weighted by Gasteiger charge is 2.04. The highest BCUT2D eigenvalue weighted by Crippen LogP contribution is 2.29. The van der Waals surface area contributed by atoms with Gasteiger partial charge in [-0.1, -0.05) is 127 Å². The lowest BCUT2D eigenvalue weighted by molar-refractivity contribution is 1.57. The molecule has 0 spiro atoms. The summed E-state index contributed by atoms with van der Waals surface area (Å²) in [6.45, 7) is 0. The van der Waals surface area contributed by atoms with Crippen molar-refractivity contribution in [3.8, 4) is 44.5 Å². The van der Waals surface area contributed by atoms with Crippen molar-refractivity contribution in [1.82, 2.24) is 0 Å². The second-order valence-corrected chi connectivity index (χ2v) is 7.47. The standard InChI is InChI=1S/C30H22/c1-3-8-23(9-4-1)25-14-16-26(17-15-25)27-18-20-28(21-19-27)30-13-7-12-29(22-30)24-10-5-2-6-11-24/h1-22H. The van der Waals surface area contributed by atoms with Crippen LogP contribution in [-0.2, 0) is 0 Å². The summed E-state index contributed by atoms with van der Waals surface area (Å²) >= 11 is 0. The zero-order valence-electron chi connectivity index (χ0n) is 16.7. The molecule has 30 heavy (non-hydrogen) atoms. The van der Waals surface area contributed by atoms with Gasteiger partial charge in [-0.05, 0) is 50.6 Å². The summed E-state index contributed by atoms with van der Waals surface area (Å²) in [5.74, 6) is 0. The van der Waals surface area contributed by atoms with E-state index in [0.29, 0.717) is 0 Å². The van der Waals surface area contributed by atoms with Gasteiger partial charge in [-0.15, -0.1) is 0 Å². The first-order valence-corrected chi connectivity index (χ1v) is 10.3. The lowest BCUT2D eigenvalue weighted by Gasteiger charge is -2.08. The van der Waals surface area contributed by atoms with Crippen LogP contribution in [0.15, 0.2) is 133 Å². The van der Waals surface area contributed by atoms with Gasteiger partial charge in [-0.2, -0.15) is 0 Å². The Morgan fingerprint density at radius 1 is 0.200 bits per heavy atom. The molecule has 0 heterocycles. The Morgan fingerprint density at radius 3 is 0.867 bits per heavy atom. The lowest BCUT2D eigenvalue weighted by Crippen LogP contribution is -1.83. The van der Waals surface area contributed by atoms with Crippen LogP contribution in [0.4, 0.5) is 0 Å². The van der Waals surface area contributed by atoms with Gasteiger partial charge in [0.1, 0.15) is 0 Å². The molecule has 0 amide bonds. The Balaban J connectivity index is 1.40. The molecule has 5 rings (SSSR count). The molecule has 0 radical (unpaired) electrons. The van der Waals surface area contributed by atoms with Crippen molar-refractivity contribution >= 4 is 0 Å². The Kier molecular flexibility index (Phi) is 4.98. The van der Waals surface area contributed by atoms with E-state index in [2.05, 4.69) is 133 Å². The first-order valence-electron chi connectivity index (χ1n) is 10.3. The maximum absolute atomic E-state index is 2.26. The molecule has 0 aromatic heterocycles. The predicted molar refractivity (Wildman–Crippen MR) is 128 cm³/mol. The highest BCUT2D eigenvalue weighted by atomic mass is 14.1. The highest BCUT2D eigenvalue weighted by molar-refractivity contribution is 5.76. The summed E-state index contributed by atoms with van der Waals surface area (Å²) in [6, 6.07) is 47.4. The molecule has 0 heteroatoms. The summed E-state index contributed by atoms with van der Waals surface area (Å²) in [5, 5.41) is 0. The third-order valence-corrected chi connectivity index (χ3v) is 5.51. The van der Waals surface area contributed by atoms with Gasteiger partial charge < -0.3 is 0 Å². The molecular weight excluding hydrogens is 360 g/mol. The maximum Gasteiger partial charge on any atom is -0.0178 e. The molecule has 0 saturated heterocycles. The fourth-order valence-corrected chi connectivity index (χ4v) is 3.85. The van der Waals surface area contributed by atoms with E-state index < -0.39 is 0 Å². The van der Waals surface area contributed by atoms with Crippen molar-refractivity contribution < 1.29 is 0 Å². The van der Waals surface area contributed by atoms with Crippen molar-refractivity contribution in [1.29, 1.82) is 0 Å². The SMILES string of the molecule is c1ccc(-c2ccc(-c3ccc(-c4cccc(-c5ccccc5)c4)cc3)cc2)cc1. The zero-order valence-corrected chi connectivity index (χ0v) is 16.7. The van der Waals surface area contributed by atoms with Crippen LogP contribution >= 0.6 is 0 Å². The number of hydrogen-bond donors (Lipinski definition) is 0. The van der Waals surface area contributed by atoms with Crippen LogP contribution in [0, 0.1) is 0 Å². The van der Waals surface area contributed by atoms with Gasteiger partial charge in [-0.25, -0.2) is 0 Å². The molecule has 0 bridgehead atoms. The molecule has 0 saturated carbocycles. The normalized spacial score (nSPS) is 10.7. The van der Waals surface area contributed by atoms with Gasteiger partial charge in [0.15, 0.2) is 0 Å². The molecule has 5 aromatic carbocycles. The van der Waals surface area contributed by atoms with Crippen LogP contribution in [0.25, 0.3) is 44.5 Å². The van der Waals surface area contributed by atoms with E-state index in [0.717, 1.165) is 0 Å². The van der Waals surface area contributed by atoms with E-state index in [1.807, 2.05) is 0 Å². The van der Waals surface area contributed by atoms with Crippen molar-refractivity contribution in [3.05, 3.63) is 133 Å². The Bertz CT molecular complexity index is 1230. The van der Waals surface area contributed by atoms with E-state index in [-0.39, 0.29) is 0 Å². The lowest BCUT2D eigenvalue weighted by atomic mass is 9.96. The zero-order chi connectivity index (χ0) is 20.2. The molecule has 0 atom stereocenters. The van der Waals surface area contributed by atoms with E-state index in [9.17, 15) is 0 Å². The van der Waals surface area contributed by atoms with Crippen LogP contribution in [0.2, 0.25) is 0 Å². The largest absolute Gasteiger partial charge is 0.0622 e. The Hall–Kier alpha value is -3.90. The second-order valence-electron chi connectivity index (χ2n) is 7.47. The fourth-order valence-electron chi connectivity index (χ4n) is 3.85. The van der Waals surface area contributed by atoms with Gasteiger partial charge in [0.05, 0.1) is 0 Å². The summed E-state index contributed by atoms with van der Waals surface area (Å²) in [6.07, 6.45) is 0. The summed E-state index contributed by atoms with van der Waals surface area (Å²) in [4.78, 5) is 0. The molecule has 0 fully saturated rings. The third kappa shape index (κ3) is 3.81. The summed E-state index contributed by atoms with van der Waals surface area (Å²) in [7, 11) is 0. The summed E-state index contributed by atoms with van der Waals surface area (Å²) in [5.41, 5.74) is 9.92. The number of hydrogen-bond acceptors (Lipinski definition) is 0. The van der Waals surface area contributed by atoms with Crippen LogP contribution in [-0.4, -0.2) is 0 Å². The number of benzene rings is 5. The Morgan fingerprint density at radius 2 is 0.467 bits per heavy atom. The molecule has 5 aromatic rings. The average Bonchev–Trinajstić information content (AvgIpc) is 2.85. The molecule has 0 aliphatic heterocycles. The molecule has 0 unspecified atom stereocenters. The van der Waals surface area contributed by atoms with Crippen LogP contribution in [0.3, 0.4) is 0 Å². The van der Waals surface area contributed by atoms with Crippen molar-refractivity contribution in [2.45, 2.75) is 0 Å². The van der Waals surface area contributed by atoms with E-state index >= 15 is 0 Å². The van der Waals surface area contributed by atoms with Crippen LogP contribution in [0.1, 0.15) is 0 Å². The van der Waals surface area contributed by atoms with Crippen LogP contribution in [0.5, 0.6) is 0 Å². The topological polar surface area (TPSA) is 0 Å². The molecule has 0 N–H and O–H groups in total. The molecular formula is C30H22. The van der Waals surface area contributed by atoms with Gasteiger partial charge in [0, 0.05) is 0 Å². The first-order chi connectivity index (χ1) is 14.9. The molecule has 0 nitrogen and oxygen atoms in total. The minimum absolute atomic E-state index is 1.23. The smallest absolute Gasteiger partial charge is 0.0178 e. The average molecular weight is 383 g/mol. The molecule has 0 aliphatic rings. The van der Waals surface area contributed by atoms with Crippen molar-refractivity contribution in [2.75, 3.05) is 0 Å². The van der Waals surface area contributed by atoms with Gasteiger partial charge in [-0.3, -0.25) is 0 Å². The Labute approximate surface area is 178 Å². The van der Waals surface area contributed by atoms with Gasteiger partial charge >= 0.3 is 0 Å². The number of rotatable bonds is 4. The van der Waals surface area contributed by atoms with Crippen LogP contribution < -0.4 is 0 Å². The quantitative estimate of drug-likeness (QED) is 0.293. The minimum atomic E-state index is 1.23. The van der Waals surface area contributed by atoms with E-state index in [1.54, 1.807) is 0 Å². The van der Waals surface area contributed by atoms with Gasteiger partial charge in [0.25, 0.3) is 0 Å².